The Morgan fingerprint density at radius 2 is 2.00 bits per heavy atom. The minimum absolute atomic E-state index is 0.196. The first kappa shape index (κ1) is 13.2. The van der Waals surface area contributed by atoms with Crippen molar-refractivity contribution < 1.29 is 4.39 Å². The lowest BCUT2D eigenvalue weighted by Crippen LogP contribution is -2.11. The van der Waals surface area contributed by atoms with Gasteiger partial charge >= 0.3 is 0 Å². The van der Waals surface area contributed by atoms with E-state index in [0.29, 0.717) is 6.04 Å². The summed E-state index contributed by atoms with van der Waals surface area (Å²) in [7, 11) is 1.95. The molecule has 4 heteroatoms. The van der Waals surface area contributed by atoms with Gasteiger partial charge in [-0.2, -0.15) is 0 Å². The van der Waals surface area contributed by atoms with Crippen molar-refractivity contribution >= 4 is 11.3 Å². The smallest absolute Gasteiger partial charge is 0.123 e. The van der Waals surface area contributed by atoms with E-state index in [-0.39, 0.29) is 5.82 Å². The summed E-state index contributed by atoms with van der Waals surface area (Å²) in [6.45, 7) is 4.16. The molecule has 96 valence electrons. The molecule has 1 aromatic carbocycles. The molecule has 2 nitrogen and oxygen atoms in total. The maximum atomic E-state index is 12.8. The molecule has 2 aromatic rings. The fourth-order valence-electron chi connectivity index (χ4n) is 1.85. The average molecular weight is 264 g/mol. The second-order valence-electron chi connectivity index (χ2n) is 4.37. The molecule has 0 saturated carbocycles. The van der Waals surface area contributed by atoms with E-state index in [2.05, 4.69) is 17.2 Å². The molecular formula is C14H17FN2S. The predicted octanol–water partition coefficient (Wildman–Crippen LogP) is 3.46. The maximum absolute atomic E-state index is 12.8. The van der Waals surface area contributed by atoms with E-state index in [0.717, 1.165) is 22.7 Å². The molecule has 1 heterocycles. The van der Waals surface area contributed by atoms with Gasteiger partial charge in [-0.15, -0.1) is 11.3 Å². The monoisotopic (exact) mass is 264 g/mol. The lowest BCUT2D eigenvalue weighted by atomic mass is 10.1. The Kier molecular flexibility index (Phi) is 4.09. The highest BCUT2D eigenvalue weighted by atomic mass is 32.1. The molecule has 0 amide bonds. The van der Waals surface area contributed by atoms with Gasteiger partial charge in [0, 0.05) is 17.3 Å². The van der Waals surface area contributed by atoms with Crippen LogP contribution >= 0.6 is 11.3 Å². The Labute approximate surface area is 111 Å². The Morgan fingerprint density at radius 3 is 2.61 bits per heavy atom. The van der Waals surface area contributed by atoms with E-state index >= 15 is 0 Å². The van der Waals surface area contributed by atoms with Crippen molar-refractivity contribution in [3.05, 3.63) is 51.2 Å². The van der Waals surface area contributed by atoms with Crippen LogP contribution in [0.4, 0.5) is 4.39 Å². The Bertz CT molecular complexity index is 519. The topological polar surface area (TPSA) is 24.9 Å². The summed E-state index contributed by atoms with van der Waals surface area (Å²) in [4.78, 5) is 5.85. The fourth-order valence-corrected chi connectivity index (χ4v) is 3.01. The van der Waals surface area contributed by atoms with Crippen molar-refractivity contribution in [1.82, 2.24) is 10.3 Å². The summed E-state index contributed by atoms with van der Waals surface area (Å²) < 4.78 is 12.8. The van der Waals surface area contributed by atoms with Crippen molar-refractivity contribution in [2.45, 2.75) is 26.3 Å². The van der Waals surface area contributed by atoms with Gasteiger partial charge in [-0.1, -0.05) is 12.1 Å². The number of benzene rings is 1. The van der Waals surface area contributed by atoms with Gasteiger partial charge < -0.3 is 5.32 Å². The molecule has 0 spiro atoms. The first-order valence-corrected chi connectivity index (χ1v) is 6.79. The van der Waals surface area contributed by atoms with Gasteiger partial charge in [0.2, 0.25) is 0 Å². The summed E-state index contributed by atoms with van der Waals surface area (Å²) in [5, 5.41) is 4.31. The van der Waals surface area contributed by atoms with Gasteiger partial charge in [0.1, 0.15) is 5.82 Å². The molecule has 0 fully saturated rings. The lowest BCUT2D eigenvalue weighted by molar-refractivity contribution is 0.627. The summed E-state index contributed by atoms with van der Waals surface area (Å²) in [6.07, 6.45) is 0.766. The van der Waals surface area contributed by atoms with Gasteiger partial charge in [0.15, 0.2) is 0 Å². The standard InChI is InChI=1S/C14H17FN2S/c1-9(16-3)14-10(2)17-13(18-14)8-11-4-6-12(15)7-5-11/h4-7,9,16H,8H2,1-3H3. The van der Waals surface area contributed by atoms with Crippen molar-refractivity contribution in [2.24, 2.45) is 0 Å². The Hall–Kier alpha value is -1.26. The van der Waals surface area contributed by atoms with E-state index in [4.69, 9.17) is 0 Å². The van der Waals surface area contributed by atoms with Crippen LogP contribution in [0.1, 0.15) is 34.1 Å². The van der Waals surface area contributed by atoms with Gasteiger partial charge in [0.25, 0.3) is 0 Å². The number of aromatic nitrogens is 1. The zero-order valence-corrected chi connectivity index (χ0v) is 11.6. The molecule has 1 aromatic heterocycles. The van der Waals surface area contributed by atoms with Crippen LogP contribution < -0.4 is 5.32 Å². The number of halogens is 1. The molecule has 1 N–H and O–H groups in total. The van der Waals surface area contributed by atoms with Crippen LogP contribution in [0.25, 0.3) is 0 Å². The predicted molar refractivity (Wildman–Crippen MR) is 73.5 cm³/mol. The number of hydrogen-bond donors (Lipinski definition) is 1. The second-order valence-corrected chi connectivity index (χ2v) is 5.49. The zero-order chi connectivity index (χ0) is 13.1. The van der Waals surface area contributed by atoms with Crippen LogP contribution in [-0.4, -0.2) is 12.0 Å². The van der Waals surface area contributed by atoms with Crippen molar-refractivity contribution in [2.75, 3.05) is 7.05 Å². The summed E-state index contributed by atoms with van der Waals surface area (Å²) >= 11 is 1.72. The first-order valence-electron chi connectivity index (χ1n) is 5.98. The van der Waals surface area contributed by atoms with Gasteiger partial charge in [-0.3, -0.25) is 0 Å². The molecule has 2 rings (SSSR count). The highest BCUT2D eigenvalue weighted by Gasteiger charge is 2.12. The molecular weight excluding hydrogens is 247 g/mol. The maximum Gasteiger partial charge on any atom is 0.123 e. The molecule has 0 aliphatic heterocycles. The third-order valence-electron chi connectivity index (χ3n) is 2.97. The van der Waals surface area contributed by atoms with Crippen LogP contribution in [0.5, 0.6) is 0 Å². The first-order chi connectivity index (χ1) is 8.60. The summed E-state index contributed by atoms with van der Waals surface area (Å²) in [6, 6.07) is 6.94. The number of hydrogen-bond acceptors (Lipinski definition) is 3. The zero-order valence-electron chi connectivity index (χ0n) is 10.8. The van der Waals surface area contributed by atoms with Gasteiger partial charge in [0.05, 0.1) is 10.7 Å². The van der Waals surface area contributed by atoms with Crippen LogP contribution in [0.15, 0.2) is 24.3 Å². The number of nitrogens with zero attached hydrogens (tertiary/aromatic N) is 1. The molecule has 0 bridgehead atoms. The van der Waals surface area contributed by atoms with Crippen molar-refractivity contribution in [3.63, 3.8) is 0 Å². The van der Waals surface area contributed by atoms with Crippen LogP contribution in [-0.2, 0) is 6.42 Å². The number of aryl methyl sites for hydroxylation is 1. The Morgan fingerprint density at radius 1 is 1.33 bits per heavy atom. The minimum atomic E-state index is -0.196. The quantitative estimate of drug-likeness (QED) is 0.914. The SMILES string of the molecule is CNC(C)c1sc(Cc2ccc(F)cc2)nc1C. The molecule has 0 aliphatic rings. The summed E-state index contributed by atoms with van der Waals surface area (Å²) in [5.41, 5.74) is 2.17. The minimum Gasteiger partial charge on any atom is -0.312 e. The van der Waals surface area contributed by atoms with E-state index in [1.54, 1.807) is 11.3 Å². The van der Waals surface area contributed by atoms with E-state index in [1.165, 1.54) is 17.0 Å². The van der Waals surface area contributed by atoms with Crippen molar-refractivity contribution in [1.29, 1.82) is 0 Å². The van der Waals surface area contributed by atoms with E-state index in [1.807, 2.05) is 26.1 Å². The number of thiazole rings is 1. The second kappa shape index (κ2) is 5.59. The highest BCUT2D eigenvalue weighted by Crippen LogP contribution is 2.26. The summed E-state index contributed by atoms with van der Waals surface area (Å²) in [5.74, 6) is -0.196. The van der Waals surface area contributed by atoms with Crippen molar-refractivity contribution in [3.8, 4) is 0 Å². The molecule has 0 aliphatic carbocycles. The van der Waals surface area contributed by atoms with Crippen LogP contribution in [0.2, 0.25) is 0 Å². The van der Waals surface area contributed by atoms with E-state index < -0.39 is 0 Å². The molecule has 18 heavy (non-hydrogen) atoms. The fraction of sp³-hybridized carbons (Fsp3) is 0.357. The largest absolute Gasteiger partial charge is 0.312 e. The third kappa shape index (κ3) is 2.94. The average Bonchev–Trinajstić information content (AvgIpc) is 2.72. The lowest BCUT2D eigenvalue weighted by Gasteiger charge is -2.06. The van der Waals surface area contributed by atoms with Gasteiger partial charge in [-0.25, -0.2) is 9.37 Å². The van der Waals surface area contributed by atoms with Crippen LogP contribution in [0.3, 0.4) is 0 Å². The molecule has 1 unspecified atom stereocenters. The molecule has 1 atom stereocenters. The third-order valence-corrected chi connectivity index (χ3v) is 4.31. The Balaban J connectivity index is 2.17. The number of rotatable bonds is 4. The normalized spacial score (nSPS) is 12.7. The van der Waals surface area contributed by atoms with Crippen LogP contribution in [0, 0.1) is 12.7 Å². The van der Waals surface area contributed by atoms with E-state index in [9.17, 15) is 4.39 Å². The molecule has 0 saturated heterocycles. The number of nitrogens with one attached hydrogen (secondary N) is 1. The van der Waals surface area contributed by atoms with Gasteiger partial charge in [-0.05, 0) is 38.6 Å². The molecule has 0 radical (unpaired) electrons. The highest BCUT2D eigenvalue weighted by molar-refractivity contribution is 7.11.